The van der Waals surface area contributed by atoms with E-state index >= 15 is 0 Å². The Morgan fingerprint density at radius 2 is 2.11 bits per heavy atom. The van der Waals surface area contributed by atoms with Gasteiger partial charge < -0.3 is 9.73 Å². The number of hydrogen-bond acceptors (Lipinski definition) is 6. The molecule has 0 aliphatic heterocycles. The molecule has 0 aliphatic carbocycles. The first kappa shape index (κ1) is 12.7. The fourth-order valence-electron chi connectivity index (χ4n) is 1.45. The molecule has 0 unspecified atom stereocenters. The summed E-state index contributed by atoms with van der Waals surface area (Å²) >= 11 is 0. The Morgan fingerprint density at radius 1 is 1.33 bits per heavy atom. The predicted molar refractivity (Wildman–Crippen MR) is 65.6 cm³/mol. The average Bonchev–Trinajstić information content (AvgIpc) is 2.77. The van der Waals surface area contributed by atoms with Gasteiger partial charge in [-0.25, -0.2) is 8.42 Å². The molecule has 1 aromatic heterocycles. The lowest BCUT2D eigenvalue weighted by Crippen LogP contribution is -2.04. The molecular formula is C11H13N3O3S. The number of rotatable bonds is 4. The summed E-state index contributed by atoms with van der Waals surface area (Å²) in [5.74, 6) is 0.767. The third kappa shape index (κ3) is 2.74. The van der Waals surface area contributed by atoms with Crippen molar-refractivity contribution in [3.63, 3.8) is 0 Å². The summed E-state index contributed by atoms with van der Waals surface area (Å²) < 4.78 is 28.3. The van der Waals surface area contributed by atoms with E-state index in [-0.39, 0.29) is 4.90 Å². The Kier molecular flexibility index (Phi) is 3.44. The quantitative estimate of drug-likeness (QED) is 0.884. The van der Waals surface area contributed by atoms with Gasteiger partial charge in [-0.3, -0.25) is 0 Å². The first-order valence-corrected chi connectivity index (χ1v) is 7.17. The van der Waals surface area contributed by atoms with Crippen LogP contribution in [0, 0.1) is 0 Å². The van der Waals surface area contributed by atoms with E-state index in [1.165, 1.54) is 12.1 Å². The van der Waals surface area contributed by atoms with Crippen molar-refractivity contribution in [3.05, 3.63) is 30.2 Å². The van der Waals surface area contributed by atoms with Crippen molar-refractivity contribution < 1.29 is 12.8 Å². The largest absolute Gasteiger partial charge is 0.419 e. The topological polar surface area (TPSA) is 85.1 Å². The van der Waals surface area contributed by atoms with Gasteiger partial charge in [0.15, 0.2) is 9.84 Å². The second-order valence-electron chi connectivity index (χ2n) is 3.83. The zero-order valence-corrected chi connectivity index (χ0v) is 10.9. The van der Waals surface area contributed by atoms with Crippen LogP contribution in [0.2, 0.25) is 0 Å². The van der Waals surface area contributed by atoms with Crippen LogP contribution in [0.4, 0.5) is 0 Å². The minimum Gasteiger partial charge on any atom is -0.419 e. The lowest BCUT2D eigenvalue weighted by atomic mass is 10.2. The molecule has 0 bridgehead atoms. The third-order valence-electron chi connectivity index (χ3n) is 2.30. The number of nitrogens with zero attached hydrogens (tertiary/aromatic N) is 2. The molecule has 0 aliphatic rings. The van der Waals surface area contributed by atoms with Gasteiger partial charge in [0.25, 0.3) is 0 Å². The maximum atomic E-state index is 11.4. The highest BCUT2D eigenvalue weighted by Gasteiger charge is 2.12. The maximum Gasteiger partial charge on any atom is 0.247 e. The molecule has 1 heterocycles. The summed E-state index contributed by atoms with van der Waals surface area (Å²) in [5, 5.41) is 10.6. The minimum absolute atomic E-state index is 0.230. The SMILES string of the molecule is CNCc1nnc(-c2cccc(S(C)(=O)=O)c2)o1. The summed E-state index contributed by atoms with van der Waals surface area (Å²) in [6.07, 6.45) is 1.16. The van der Waals surface area contributed by atoms with Gasteiger partial charge in [0.1, 0.15) is 0 Å². The highest BCUT2D eigenvalue weighted by atomic mass is 32.2. The molecule has 6 nitrogen and oxygen atoms in total. The normalized spacial score (nSPS) is 11.7. The molecule has 7 heteroatoms. The molecule has 2 aromatic rings. The van der Waals surface area contributed by atoms with Crippen molar-refractivity contribution in [2.24, 2.45) is 0 Å². The van der Waals surface area contributed by atoms with E-state index in [0.29, 0.717) is 23.9 Å². The second kappa shape index (κ2) is 4.87. The molecule has 0 saturated heterocycles. The van der Waals surface area contributed by atoms with Crippen LogP contribution in [-0.2, 0) is 16.4 Å². The van der Waals surface area contributed by atoms with Crippen LogP contribution >= 0.6 is 0 Å². The minimum atomic E-state index is -3.24. The Bertz CT molecular complexity index is 649. The lowest BCUT2D eigenvalue weighted by molar-refractivity contribution is 0.490. The summed E-state index contributed by atoms with van der Waals surface area (Å²) in [4.78, 5) is 0.230. The van der Waals surface area contributed by atoms with Crippen LogP contribution in [0.5, 0.6) is 0 Å². The average molecular weight is 267 g/mol. The number of benzene rings is 1. The zero-order chi connectivity index (χ0) is 13.2. The molecule has 0 atom stereocenters. The highest BCUT2D eigenvalue weighted by molar-refractivity contribution is 7.90. The van der Waals surface area contributed by atoms with Gasteiger partial charge in [-0.15, -0.1) is 10.2 Å². The highest BCUT2D eigenvalue weighted by Crippen LogP contribution is 2.21. The Hall–Kier alpha value is -1.73. The van der Waals surface area contributed by atoms with Crippen molar-refractivity contribution >= 4 is 9.84 Å². The van der Waals surface area contributed by atoms with Crippen LogP contribution in [-0.4, -0.2) is 31.9 Å². The molecule has 0 spiro atoms. The molecule has 1 aromatic carbocycles. The predicted octanol–water partition coefficient (Wildman–Crippen LogP) is 0.860. The molecule has 0 fully saturated rings. The van der Waals surface area contributed by atoms with E-state index in [2.05, 4.69) is 15.5 Å². The van der Waals surface area contributed by atoms with Crippen molar-refractivity contribution in [2.45, 2.75) is 11.4 Å². The molecule has 18 heavy (non-hydrogen) atoms. The summed E-state index contributed by atoms with van der Waals surface area (Å²) in [6, 6.07) is 6.43. The van der Waals surface area contributed by atoms with E-state index in [1.54, 1.807) is 19.2 Å². The van der Waals surface area contributed by atoms with E-state index in [4.69, 9.17) is 4.42 Å². The van der Waals surface area contributed by atoms with Crippen LogP contribution < -0.4 is 5.32 Å². The van der Waals surface area contributed by atoms with E-state index in [0.717, 1.165) is 6.26 Å². The van der Waals surface area contributed by atoms with E-state index in [1.807, 2.05) is 0 Å². The molecule has 0 radical (unpaired) electrons. The van der Waals surface area contributed by atoms with Crippen molar-refractivity contribution in [3.8, 4) is 11.5 Å². The van der Waals surface area contributed by atoms with Gasteiger partial charge in [-0.2, -0.15) is 0 Å². The van der Waals surface area contributed by atoms with Gasteiger partial charge in [0.2, 0.25) is 11.8 Å². The molecule has 96 valence electrons. The van der Waals surface area contributed by atoms with Crippen molar-refractivity contribution in [2.75, 3.05) is 13.3 Å². The van der Waals surface area contributed by atoms with Gasteiger partial charge in [-0.1, -0.05) is 6.07 Å². The molecule has 2 rings (SSSR count). The number of aromatic nitrogens is 2. The Morgan fingerprint density at radius 3 is 2.78 bits per heavy atom. The lowest BCUT2D eigenvalue weighted by Gasteiger charge is -1.99. The smallest absolute Gasteiger partial charge is 0.247 e. The third-order valence-corrected chi connectivity index (χ3v) is 3.41. The van der Waals surface area contributed by atoms with Gasteiger partial charge in [-0.05, 0) is 25.2 Å². The van der Waals surface area contributed by atoms with Crippen LogP contribution in [0.25, 0.3) is 11.5 Å². The fourth-order valence-corrected chi connectivity index (χ4v) is 2.12. The van der Waals surface area contributed by atoms with Crippen LogP contribution in [0.3, 0.4) is 0 Å². The molecular weight excluding hydrogens is 254 g/mol. The van der Waals surface area contributed by atoms with Gasteiger partial charge in [0.05, 0.1) is 11.4 Å². The van der Waals surface area contributed by atoms with Gasteiger partial charge in [0, 0.05) is 11.8 Å². The molecule has 1 N–H and O–H groups in total. The number of sulfone groups is 1. The number of nitrogens with one attached hydrogen (secondary N) is 1. The number of hydrogen-bond donors (Lipinski definition) is 1. The van der Waals surface area contributed by atoms with Crippen LogP contribution in [0.1, 0.15) is 5.89 Å². The molecule has 0 saturated carbocycles. The van der Waals surface area contributed by atoms with Crippen LogP contribution in [0.15, 0.2) is 33.6 Å². The van der Waals surface area contributed by atoms with Crippen molar-refractivity contribution in [1.29, 1.82) is 0 Å². The summed E-state index contributed by atoms with van der Waals surface area (Å²) in [7, 11) is -1.47. The van der Waals surface area contributed by atoms with E-state index < -0.39 is 9.84 Å². The second-order valence-corrected chi connectivity index (χ2v) is 5.85. The summed E-state index contributed by atoms with van der Waals surface area (Å²) in [5.41, 5.74) is 0.591. The maximum absolute atomic E-state index is 11.4. The monoisotopic (exact) mass is 267 g/mol. The molecule has 0 amide bonds. The Balaban J connectivity index is 2.38. The van der Waals surface area contributed by atoms with Crippen molar-refractivity contribution in [1.82, 2.24) is 15.5 Å². The van der Waals surface area contributed by atoms with E-state index in [9.17, 15) is 8.42 Å². The van der Waals surface area contributed by atoms with Gasteiger partial charge >= 0.3 is 0 Å². The summed E-state index contributed by atoms with van der Waals surface area (Å²) in [6.45, 7) is 0.471. The first-order chi connectivity index (χ1) is 8.50. The Labute approximate surface area is 105 Å². The standard InChI is InChI=1S/C11H13N3O3S/c1-12-7-10-13-14-11(17-10)8-4-3-5-9(6-8)18(2,15)16/h3-6,12H,7H2,1-2H3. The zero-order valence-electron chi connectivity index (χ0n) is 10.0. The fraction of sp³-hybridized carbons (Fsp3) is 0.273. The first-order valence-electron chi connectivity index (χ1n) is 5.28.